The summed E-state index contributed by atoms with van der Waals surface area (Å²) in [5.74, 6) is 1.07. The van der Waals surface area contributed by atoms with Gasteiger partial charge in [-0.2, -0.15) is 0 Å². The van der Waals surface area contributed by atoms with E-state index in [1.54, 1.807) is 12.1 Å². The van der Waals surface area contributed by atoms with Gasteiger partial charge in [-0.1, -0.05) is 25.1 Å². The maximum Gasteiger partial charge on any atom is 0.225 e. The van der Waals surface area contributed by atoms with Gasteiger partial charge >= 0.3 is 0 Å². The SMILES string of the molecule is CCCC(=O)Nc1ccc(Nc2ccccc2)nn1. The molecule has 0 saturated heterocycles. The van der Waals surface area contributed by atoms with Crippen LogP contribution in [0.5, 0.6) is 0 Å². The number of hydrogen-bond acceptors (Lipinski definition) is 4. The lowest BCUT2D eigenvalue weighted by molar-refractivity contribution is -0.116. The Labute approximate surface area is 112 Å². The summed E-state index contributed by atoms with van der Waals surface area (Å²) in [5.41, 5.74) is 0.944. The van der Waals surface area contributed by atoms with Crippen molar-refractivity contribution >= 4 is 23.2 Å². The fraction of sp³-hybridized carbons (Fsp3) is 0.214. The summed E-state index contributed by atoms with van der Waals surface area (Å²) in [5, 5.41) is 13.8. The summed E-state index contributed by atoms with van der Waals surface area (Å²) in [6, 6.07) is 13.2. The molecule has 0 fully saturated rings. The van der Waals surface area contributed by atoms with Gasteiger partial charge in [0.25, 0.3) is 0 Å². The lowest BCUT2D eigenvalue weighted by atomic mass is 10.3. The minimum Gasteiger partial charge on any atom is -0.339 e. The highest BCUT2D eigenvalue weighted by atomic mass is 16.1. The first-order valence-corrected chi connectivity index (χ1v) is 6.23. The van der Waals surface area contributed by atoms with E-state index in [0.29, 0.717) is 18.1 Å². The first-order valence-electron chi connectivity index (χ1n) is 6.23. The van der Waals surface area contributed by atoms with Crippen LogP contribution in [0, 0.1) is 0 Å². The third-order valence-electron chi connectivity index (χ3n) is 2.46. The highest BCUT2D eigenvalue weighted by molar-refractivity contribution is 5.89. The Bertz CT molecular complexity index is 525. The molecule has 0 bridgehead atoms. The molecule has 0 atom stereocenters. The topological polar surface area (TPSA) is 66.9 Å². The molecule has 1 aromatic carbocycles. The number of carbonyl (C=O) groups excluding carboxylic acids is 1. The number of para-hydroxylation sites is 1. The Hall–Kier alpha value is -2.43. The Balaban J connectivity index is 1.97. The average Bonchev–Trinajstić information content (AvgIpc) is 2.42. The Morgan fingerprint density at radius 3 is 2.37 bits per heavy atom. The molecule has 19 heavy (non-hydrogen) atoms. The largest absolute Gasteiger partial charge is 0.339 e. The predicted octanol–water partition coefficient (Wildman–Crippen LogP) is 2.96. The monoisotopic (exact) mass is 256 g/mol. The molecule has 0 radical (unpaired) electrons. The Morgan fingerprint density at radius 1 is 1.05 bits per heavy atom. The van der Waals surface area contributed by atoms with Crippen molar-refractivity contribution in [3.63, 3.8) is 0 Å². The number of rotatable bonds is 5. The van der Waals surface area contributed by atoms with Gasteiger partial charge in [-0.15, -0.1) is 10.2 Å². The van der Waals surface area contributed by atoms with Crippen molar-refractivity contribution in [1.29, 1.82) is 0 Å². The highest BCUT2D eigenvalue weighted by Gasteiger charge is 2.02. The van der Waals surface area contributed by atoms with E-state index in [2.05, 4.69) is 20.8 Å². The van der Waals surface area contributed by atoms with Crippen LogP contribution in [0.25, 0.3) is 0 Å². The highest BCUT2D eigenvalue weighted by Crippen LogP contribution is 2.13. The van der Waals surface area contributed by atoms with Gasteiger partial charge in [0.1, 0.15) is 0 Å². The van der Waals surface area contributed by atoms with Gasteiger partial charge in [0, 0.05) is 12.1 Å². The van der Waals surface area contributed by atoms with Crippen molar-refractivity contribution in [2.45, 2.75) is 19.8 Å². The number of anilines is 3. The van der Waals surface area contributed by atoms with Gasteiger partial charge in [-0.05, 0) is 30.7 Å². The number of nitrogens with one attached hydrogen (secondary N) is 2. The molecule has 0 aliphatic rings. The second-order valence-corrected chi connectivity index (χ2v) is 4.09. The zero-order valence-corrected chi connectivity index (χ0v) is 10.8. The molecule has 1 amide bonds. The Kier molecular flexibility index (Phi) is 4.44. The van der Waals surface area contributed by atoms with Crippen LogP contribution < -0.4 is 10.6 Å². The number of hydrogen-bond donors (Lipinski definition) is 2. The Morgan fingerprint density at radius 2 is 1.74 bits per heavy atom. The summed E-state index contributed by atoms with van der Waals surface area (Å²) in [7, 11) is 0. The second-order valence-electron chi connectivity index (χ2n) is 4.09. The molecule has 2 aromatic rings. The van der Waals surface area contributed by atoms with Crippen molar-refractivity contribution in [2.75, 3.05) is 10.6 Å². The maximum atomic E-state index is 11.4. The molecule has 0 unspecified atom stereocenters. The maximum absolute atomic E-state index is 11.4. The smallest absolute Gasteiger partial charge is 0.225 e. The molecule has 1 heterocycles. The van der Waals surface area contributed by atoms with Gasteiger partial charge < -0.3 is 10.6 Å². The minimum atomic E-state index is -0.0411. The van der Waals surface area contributed by atoms with Crippen molar-refractivity contribution in [1.82, 2.24) is 10.2 Å². The van der Waals surface area contributed by atoms with E-state index in [0.717, 1.165) is 12.1 Å². The van der Waals surface area contributed by atoms with Crippen LogP contribution in [-0.4, -0.2) is 16.1 Å². The van der Waals surface area contributed by atoms with E-state index in [9.17, 15) is 4.79 Å². The number of nitrogens with zero attached hydrogens (tertiary/aromatic N) is 2. The molecule has 0 saturated carbocycles. The normalized spacial score (nSPS) is 9.95. The van der Waals surface area contributed by atoms with Crippen LogP contribution in [-0.2, 0) is 4.79 Å². The molecule has 0 aliphatic heterocycles. The van der Waals surface area contributed by atoms with Crippen LogP contribution in [0.1, 0.15) is 19.8 Å². The first-order chi connectivity index (χ1) is 9.28. The molecule has 5 nitrogen and oxygen atoms in total. The number of carbonyl (C=O) groups is 1. The summed E-state index contributed by atoms with van der Waals surface area (Å²) >= 11 is 0. The van der Waals surface area contributed by atoms with Crippen LogP contribution in [0.2, 0.25) is 0 Å². The quantitative estimate of drug-likeness (QED) is 0.863. The standard InChI is InChI=1S/C14H16N4O/c1-2-6-14(19)16-13-10-9-12(17-18-13)15-11-7-4-3-5-8-11/h3-5,7-10H,2,6H2,1H3,(H,15,17)(H,16,18,19). The second kappa shape index (κ2) is 6.49. The summed E-state index contributed by atoms with van der Waals surface area (Å²) in [6.45, 7) is 1.96. The fourth-order valence-corrected chi connectivity index (χ4v) is 1.57. The van der Waals surface area contributed by atoms with Crippen molar-refractivity contribution in [3.8, 4) is 0 Å². The van der Waals surface area contributed by atoms with Gasteiger partial charge in [0.15, 0.2) is 11.6 Å². The van der Waals surface area contributed by atoms with Crippen LogP contribution in [0.4, 0.5) is 17.3 Å². The molecule has 1 aromatic heterocycles. The van der Waals surface area contributed by atoms with Gasteiger partial charge in [-0.25, -0.2) is 0 Å². The molecule has 2 rings (SSSR count). The number of benzene rings is 1. The van der Waals surface area contributed by atoms with Crippen molar-refractivity contribution < 1.29 is 4.79 Å². The van der Waals surface area contributed by atoms with E-state index in [1.807, 2.05) is 37.3 Å². The van der Waals surface area contributed by atoms with Crippen molar-refractivity contribution in [2.24, 2.45) is 0 Å². The van der Waals surface area contributed by atoms with E-state index >= 15 is 0 Å². The molecule has 2 N–H and O–H groups in total. The van der Waals surface area contributed by atoms with E-state index in [-0.39, 0.29) is 5.91 Å². The van der Waals surface area contributed by atoms with Gasteiger partial charge in [0.05, 0.1) is 0 Å². The third-order valence-corrected chi connectivity index (χ3v) is 2.46. The molecular weight excluding hydrogens is 240 g/mol. The summed E-state index contributed by atoms with van der Waals surface area (Å²) in [4.78, 5) is 11.4. The van der Waals surface area contributed by atoms with Gasteiger partial charge in [0.2, 0.25) is 5.91 Å². The zero-order chi connectivity index (χ0) is 13.5. The zero-order valence-electron chi connectivity index (χ0n) is 10.8. The predicted molar refractivity (Wildman–Crippen MR) is 75.3 cm³/mol. The third kappa shape index (κ3) is 4.06. The number of amides is 1. The van der Waals surface area contributed by atoms with Crippen LogP contribution in [0.3, 0.4) is 0 Å². The molecular formula is C14H16N4O. The van der Waals surface area contributed by atoms with Gasteiger partial charge in [-0.3, -0.25) is 4.79 Å². The van der Waals surface area contributed by atoms with E-state index in [1.165, 1.54) is 0 Å². The molecule has 0 aliphatic carbocycles. The van der Waals surface area contributed by atoms with Crippen LogP contribution >= 0.6 is 0 Å². The minimum absolute atomic E-state index is 0.0411. The van der Waals surface area contributed by atoms with E-state index < -0.39 is 0 Å². The van der Waals surface area contributed by atoms with Crippen molar-refractivity contribution in [3.05, 3.63) is 42.5 Å². The fourth-order valence-electron chi connectivity index (χ4n) is 1.57. The first kappa shape index (κ1) is 13.0. The molecule has 98 valence electrons. The summed E-state index contributed by atoms with van der Waals surface area (Å²) < 4.78 is 0. The molecule has 0 spiro atoms. The summed E-state index contributed by atoms with van der Waals surface area (Å²) in [6.07, 6.45) is 1.30. The average molecular weight is 256 g/mol. The lowest BCUT2D eigenvalue weighted by Crippen LogP contribution is -2.12. The van der Waals surface area contributed by atoms with E-state index in [4.69, 9.17) is 0 Å². The lowest BCUT2D eigenvalue weighted by Gasteiger charge is -2.06. The number of aromatic nitrogens is 2. The molecule has 5 heteroatoms. The van der Waals surface area contributed by atoms with Crippen LogP contribution in [0.15, 0.2) is 42.5 Å².